The minimum Gasteiger partial charge on any atom is -0.306 e. The Morgan fingerprint density at radius 3 is 2.39 bits per heavy atom. The van der Waals surface area contributed by atoms with E-state index in [9.17, 15) is 8.42 Å². The van der Waals surface area contributed by atoms with Crippen molar-refractivity contribution in [2.24, 2.45) is 5.92 Å². The molecule has 1 aliphatic heterocycles. The van der Waals surface area contributed by atoms with Crippen molar-refractivity contribution in [2.75, 3.05) is 25.9 Å². The molecule has 4 heteroatoms. The van der Waals surface area contributed by atoms with Crippen LogP contribution < -0.4 is 0 Å². The number of nitrogens with zero attached hydrogens (tertiary/aromatic N) is 1. The molecule has 18 heavy (non-hydrogen) atoms. The van der Waals surface area contributed by atoms with Crippen molar-refractivity contribution in [3.63, 3.8) is 0 Å². The highest BCUT2D eigenvalue weighted by atomic mass is 32.2. The Labute approximate surface area is 110 Å². The average molecular weight is 267 g/mol. The Bertz CT molecular complexity index is 462. The van der Waals surface area contributed by atoms with E-state index in [0.29, 0.717) is 10.8 Å². The van der Waals surface area contributed by atoms with E-state index in [1.807, 2.05) is 6.07 Å². The van der Waals surface area contributed by atoms with Crippen LogP contribution in [0.15, 0.2) is 35.2 Å². The smallest absolute Gasteiger partial charge is 0.178 e. The lowest BCUT2D eigenvalue weighted by molar-refractivity contribution is 0.216. The molecule has 0 saturated carbocycles. The molecule has 0 amide bonds. The van der Waals surface area contributed by atoms with Crippen LogP contribution in [-0.2, 0) is 9.84 Å². The van der Waals surface area contributed by atoms with Crippen molar-refractivity contribution in [2.45, 2.75) is 24.2 Å². The molecule has 1 aromatic rings. The average Bonchev–Trinajstić information content (AvgIpc) is 2.39. The summed E-state index contributed by atoms with van der Waals surface area (Å²) in [5, 5.41) is 0. The molecule has 0 atom stereocenters. The van der Waals surface area contributed by atoms with Crippen LogP contribution in [0.2, 0.25) is 0 Å². The summed E-state index contributed by atoms with van der Waals surface area (Å²) in [7, 11) is -0.965. The third-order valence-electron chi connectivity index (χ3n) is 3.74. The van der Waals surface area contributed by atoms with Gasteiger partial charge in [-0.25, -0.2) is 8.42 Å². The first-order chi connectivity index (χ1) is 8.58. The Balaban J connectivity index is 1.90. The van der Waals surface area contributed by atoms with Gasteiger partial charge in [-0.3, -0.25) is 0 Å². The number of hydrogen-bond donors (Lipinski definition) is 0. The Morgan fingerprint density at radius 1 is 1.17 bits per heavy atom. The normalized spacial score (nSPS) is 18.9. The summed E-state index contributed by atoms with van der Waals surface area (Å²) in [6.07, 6.45) is 3.05. The van der Waals surface area contributed by atoms with Gasteiger partial charge in [-0.05, 0) is 57.5 Å². The van der Waals surface area contributed by atoms with Crippen molar-refractivity contribution in [3.8, 4) is 0 Å². The van der Waals surface area contributed by atoms with E-state index in [1.54, 1.807) is 24.3 Å². The summed E-state index contributed by atoms with van der Waals surface area (Å²) in [6, 6.07) is 8.77. The Morgan fingerprint density at radius 2 is 1.78 bits per heavy atom. The molecule has 1 aliphatic rings. The molecule has 1 aromatic carbocycles. The lowest BCUT2D eigenvalue weighted by Crippen LogP contribution is -2.30. The first kappa shape index (κ1) is 13.6. The van der Waals surface area contributed by atoms with Crippen LogP contribution in [0.5, 0.6) is 0 Å². The monoisotopic (exact) mass is 267 g/mol. The number of benzene rings is 1. The predicted molar refractivity (Wildman–Crippen MR) is 73.3 cm³/mol. The maximum absolute atomic E-state index is 12.1. The first-order valence-electron chi connectivity index (χ1n) is 6.54. The highest BCUT2D eigenvalue weighted by Crippen LogP contribution is 2.22. The van der Waals surface area contributed by atoms with Gasteiger partial charge in [0.1, 0.15) is 0 Å². The van der Waals surface area contributed by atoms with Crippen LogP contribution in [0.25, 0.3) is 0 Å². The van der Waals surface area contributed by atoms with E-state index < -0.39 is 9.84 Å². The molecule has 100 valence electrons. The van der Waals surface area contributed by atoms with Gasteiger partial charge in [-0.2, -0.15) is 0 Å². The molecule has 1 fully saturated rings. The molecule has 1 saturated heterocycles. The van der Waals surface area contributed by atoms with Crippen molar-refractivity contribution >= 4 is 9.84 Å². The predicted octanol–water partition coefficient (Wildman–Crippen LogP) is 2.19. The molecule has 3 nitrogen and oxygen atoms in total. The molecule has 0 spiro atoms. The van der Waals surface area contributed by atoms with E-state index in [2.05, 4.69) is 11.9 Å². The van der Waals surface area contributed by atoms with Crippen molar-refractivity contribution < 1.29 is 8.42 Å². The van der Waals surface area contributed by atoms with Crippen molar-refractivity contribution in [1.82, 2.24) is 4.90 Å². The SMILES string of the molecule is CN1CCC(CCS(=O)(=O)c2ccccc2)CC1. The fourth-order valence-corrected chi connectivity index (χ4v) is 3.87. The summed E-state index contributed by atoms with van der Waals surface area (Å²) >= 11 is 0. The molecule has 0 bridgehead atoms. The van der Waals surface area contributed by atoms with Crippen LogP contribution in [0.4, 0.5) is 0 Å². The molecule has 2 rings (SSSR count). The van der Waals surface area contributed by atoms with E-state index in [0.717, 1.165) is 32.4 Å². The number of rotatable bonds is 4. The van der Waals surface area contributed by atoms with Gasteiger partial charge in [-0.15, -0.1) is 0 Å². The first-order valence-corrected chi connectivity index (χ1v) is 8.19. The third kappa shape index (κ3) is 3.56. The molecule has 0 aliphatic carbocycles. The van der Waals surface area contributed by atoms with Gasteiger partial charge in [0.25, 0.3) is 0 Å². The summed E-state index contributed by atoms with van der Waals surface area (Å²) < 4.78 is 24.3. The Kier molecular flexibility index (Phi) is 4.40. The number of piperidine rings is 1. The van der Waals surface area contributed by atoms with E-state index in [1.165, 1.54) is 0 Å². The molecule has 0 aromatic heterocycles. The number of hydrogen-bond acceptors (Lipinski definition) is 3. The maximum Gasteiger partial charge on any atom is 0.178 e. The zero-order valence-electron chi connectivity index (χ0n) is 10.9. The lowest BCUT2D eigenvalue weighted by Gasteiger charge is -2.28. The Hall–Kier alpha value is -0.870. The van der Waals surface area contributed by atoms with Crippen LogP contribution in [0.1, 0.15) is 19.3 Å². The van der Waals surface area contributed by atoms with E-state index in [4.69, 9.17) is 0 Å². The second kappa shape index (κ2) is 5.85. The quantitative estimate of drug-likeness (QED) is 0.839. The summed E-state index contributed by atoms with van der Waals surface area (Å²) in [5.41, 5.74) is 0. The van der Waals surface area contributed by atoms with Crippen LogP contribution in [0.3, 0.4) is 0 Å². The molecule has 0 radical (unpaired) electrons. The zero-order chi connectivity index (χ0) is 13.0. The summed E-state index contributed by atoms with van der Waals surface area (Å²) in [5.74, 6) is 0.852. The van der Waals surface area contributed by atoms with Gasteiger partial charge in [0, 0.05) is 0 Å². The van der Waals surface area contributed by atoms with Gasteiger partial charge in [0.05, 0.1) is 10.6 Å². The molecular weight excluding hydrogens is 246 g/mol. The fraction of sp³-hybridized carbons (Fsp3) is 0.571. The summed E-state index contributed by atoms with van der Waals surface area (Å²) in [6.45, 7) is 2.19. The van der Waals surface area contributed by atoms with Crippen LogP contribution in [-0.4, -0.2) is 39.2 Å². The lowest BCUT2D eigenvalue weighted by atomic mass is 9.95. The number of likely N-dealkylation sites (tertiary alicyclic amines) is 1. The largest absolute Gasteiger partial charge is 0.306 e. The topological polar surface area (TPSA) is 37.4 Å². The highest BCUT2D eigenvalue weighted by molar-refractivity contribution is 7.91. The minimum absolute atomic E-state index is 0.283. The van der Waals surface area contributed by atoms with Crippen molar-refractivity contribution in [1.29, 1.82) is 0 Å². The zero-order valence-corrected chi connectivity index (χ0v) is 11.7. The van der Waals surface area contributed by atoms with Gasteiger partial charge >= 0.3 is 0 Å². The van der Waals surface area contributed by atoms with Crippen LogP contribution in [0, 0.1) is 5.92 Å². The molecule has 1 heterocycles. The van der Waals surface area contributed by atoms with Gasteiger partial charge in [-0.1, -0.05) is 18.2 Å². The molecular formula is C14H21NO2S. The molecule has 0 N–H and O–H groups in total. The summed E-state index contributed by atoms with van der Waals surface area (Å²) in [4.78, 5) is 2.76. The van der Waals surface area contributed by atoms with Crippen LogP contribution >= 0.6 is 0 Å². The van der Waals surface area contributed by atoms with Gasteiger partial charge in [0.2, 0.25) is 0 Å². The van der Waals surface area contributed by atoms with Gasteiger partial charge < -0.3 is 4.90 Å². The van der Waals surface area contributed by atoms with Gasteiger partial charge in [0.15, 0.2) is 9.84 Å². The third-order valence-corrected chi connectivity index (χ3v) is 5.50. The number of sulfone groups is 1. The van der Waals surface area contributed by atoms with E-state index >= 15 is 0 Å². The highest BCUT2D eigenvalue weighted by Gasteiger charge is 2.20. The standard InChI is InChI=1S/C14H21NO2S/c1-15-10-7-13(8-11-15)9-12-18(16,17)14-5-3-2-4-6-14/h2-6,13H,7-12H2,1H3. The fourth-order valence-electron chi connectivity index (χ4n) is 2.42. The second-order valence-electron chi connectivity index (χ2n) is 5.17. The van der Waals surface area contributed by atoms with E-state index in [-0.39, 0.29) is 5.75 Å². The minimum atomic E-state index is -3.09. The van der Waals surface area contributed by atoms with Crippen molar-refractivity contribution in [3.05, 3.63) is 30.3 Å². The molecule has 0 unspecified atom stereocenters. The maximum atomic E-state index is 12.1. The second-order valence-corrected chi connectivity index (χ2v) is 7.28.